The lowest BCUT2D eigenvalue weighted by molar-refractivity contribution is -0.131. The number of hydrogen-bond acceptors (Lipinski definition) is 4. The zero-order chi connectivity index (χ0) is 16.2. The first kappa shape index (κ1) is 17.3. The van der Waals surface area contributed by atoms with Crippen molar-refractivity contribution in [2.75, 3.05) is 14.1 Å². The van der Waals surface area contributed by atoms with Crippen LogP contribution in [0.1, 0.15) is 38.8 Å². The Bertz CT molecular complexity index is 466. The average molecular weight is 294 g/mol. The maximum absolute atomic E-state index is 12.3. The third-order valence-corrected chi connectivity index (χ3v) is 3.39. The Morgan fingerprint density at radius 1 is 1.19 bits per heavy atom. The van der Waals surface area contributed by atoms with Gasteiger partial charge in [0.2, 0.25) is 5.91 Å². The maximum atomic E-state index is 12.3. The van der Waals surface area contributed by atoms with Crippen molar-refractivity contribution in [1.29, 1.82) is 0 Å². The largest absolute Gasteiger partial charge is 0.507 e. The highest BCUT2D eigenvalue weighted by Crippen LogP contribution is 2.32. The van der Waals surface area contributed by atoms with Crippen LogP contribution in [0.2, 0.25) is 0 Å². The third kappa shape index (κ3) is 4.63. The van der Waals surface area contributed by atoms with E-state index in [0.29, 0.717) is 17.9 Å². The number of benzene rings is 1. The second kappa shape index (κ2) is 7.31. The fraction of sp³-hybridized carbons (Fsp3) is 0.562. The van der Waals surface area contributed by atoms with Crippen LogP contribution in [0.5, 0.6) is 11.5 Å². The molecular formula is C16H26N2O3. The van der Waals surface area contributed by atoms with Gasteiger partial charge in [-0.05, 0) is 31.4 Å². The molecule has 2 unspecified atom stereocenters. The first-order valence-corrected chi connectivity index (χ1v) is 7.22. The molecule has 0 aliphatic heterocycles. The first-order valence-electron chi connectivity index (χ1n) is 7.22. The molecule has 1 aromatic carbocycles. The predicted octanol–water partition coefficient (Wildman–Crippen LogP) is 2.25. The average Bonchev–Trinajstić information content (AvgIpc) is 2.36. The van der Waals surface area contributed by atoms with Crippen LogP contribution < -0.4 is 5.32 Å². The number of rotatable bonds is 6. The molecule has 0 saturated carbocycles. The molecule has 5 heteroatoms. The fourth-order valence-corrected chi connectivity index (χ4v) is 2.39. The minimum absolute atomic E-state index is 0.00883. The van der Waals surface area contributed by atoms with Crippen molar-refractivity contribution in [3.8, 4) is 11.5 Å². The Morgan fingerprint density at radius 3 is 2.14 bits per heavy atom. The summed E-state index contributed by atoms with van der Waals surface area (Å²) in [6.45, 7) is 5.94. The van der Waals surface area contributed by atoms with Crippen molar-refractivity contribution in [2.45, 2.75) is 39.3 Å². The normalized spacial score (nSPS) is 14.0. The zero-order valence-corrected chi connectivity index (χ0v) is 13.4. The van der Waals surface area contributed by atoms with Crippen LogP contribution in [0.3, 0.4) is 0 Å². The Balaban J connectivity index is 2.95. The molecule has 0 radical (unpaired) electrons. The molecule has 118 valence electrons. The molecule has 1 aromatic rings. The number of hydrogen-bond donors (Lipinski definition) is 3. The standard InChI is InChI=1S/C16H26N2O3/c1-10(2)9-12(16(21)18(4)5)17-11(3)15-13(19)7-6-8-14(15)20/h6-8,10-12,17,19-20H,9H2,1-5H3. The van der Waals surface area contributed by atoms with E-state index in [-0.39, 0.29) is 29.5 Å². The molecule has 0 aliphatic carbocycles. The highest BCUT2D eigenvalue weighted by atomic mass is 16.3. The monoisotopic (exact) mass is 294 g/mol. The highest BCUT2D eigenvalue weighted by Gasteiger charge is 2.25. The van der Waals surface area contributed by atoms with Crippen LogP contribution in [0.25, 0.3) is 0 Å². The topological polar surface area (TPSA) is 72.8 Å². The molecule has 0 aliphatic rings. The van der Waals surface area contributed by atoms with Crippen molar-refractivity contribution < 1.29 is 15.0 Å². The van der Waals surface area contributed by atoms with Crippen molar-refractivity contribution in [2.24, 2.45) is 5.92 Å². The summed E-state index contributed by atoms with van der Waals surface area (Å²) in [5.41, 5.74) is 0.415. The molecule has 5 nitrogen and oxygen atoms in total. The molecule has 0 saturated heterocycles. The molecule has 0 bridgehead atoms. The summed E-state index contributed by atoms with van der Waals surface area (Å²) in [5, 5.41) is 23.0. The van der Waals surface area contributed by atoms with Gasteiger partial charge in [0.25, 0.3) is 0 Å². The zero-order valence-electron chi connectivity index (χ0n) is 13.4. The number of carbonyl (C=O) groups excluding carboxylic acids is 1. The van der Waals surface area contributed by atoms with E-state index in [0.717, 1.165) is 0 Å². The van der Waals surface area contributed by atoms with Crippen molar-refractivity contribution in [3.63, 3.8) is 0 Å². The number of carbonyl (C=O) groups is 1. The van der Waals surface area contributed by atoms with Crippen molar-refractivity contribution >= 4 is 5.91 Å². The summed E-state index contributed by atoms with van der Waals surface area (Å²) in [4.78, 5) is 13.8. The number of phenols is 2. The van der Waals surface area contributed by atoms with Crippen LogP contribution in [0.4, 0.5) is 0 Å². The molecule has 2 atom stereocenters. The summed E-state index contributed by atoms with van der Waals surface area (Å²) >= 11 is 0. The molecule has 0 spiro atoms. The number of phenolic OH excluding ortho intramolecular Hbond substituents is 2. The summed E-state index contributed by atoms with van der Waals surface area (Å²) in [5.74, 6) is 0.397. The maximum Gasteiger partial charge on any atom is 0.239 e. The smallest absolute Gasteiger partial charge is 0.239 e. The first-order chi connectivity index (χ1) is 9.73. The molecule has 1 rings (SSSR count). The number of amides is 1. The van der Waals surface area contributed by atoms with Crippen LogP contribution in [-0.2, 0) is 4.79 Å². The Kier molecular flexibility index (Phi) is 6.03. The lowest BCUT2D eigenvalue weighted by Crippen LogP contribution is -2.45. The Morgan fingerprint density at radius 2 is 1.71 bits per heavy atom. The van der Waals surface area contributed by atoms with E-state index < -0.39 is 0 Å². The van der Waals surface area contributed by atoms with Gasteiger partial charge in [0.1, 0.15) is 11.5 Å². The predicted molar refractivity (Wildman–Crippen MR) is 83.3 cm³/mol. The van der Waals surface area contributed by atoms with Crippen LogP contribution in [0, 0.1) is 5.92 Å². The summed E-state index contributed by atoms with van der Waals surface area (Å²) in [6.07, 6.45) is 0.690. The number of nitrogens with zero attached hydrogens (tertiary/aromatic N) is 1. The van der Waals surface area contributed by atoms with Crippen molar-refractivity contribution in [1.82, 2.24) is 10.2 Å². The van der Waals surface area contributed by atoms with Gasteiger partial charge in [0.15, 0.2) is 0 Å². The minimum Gasteiger partial charge on any atom is -0.507 e. The highest BCUT2D eigenvalue weighted by molar-refractivity contribution is 5.81. The van der Waals surface area contributed by atoms with Crippen LogP contribution >= 0.6 is 0 Å². The quantitative estimate of drug-likeness (QED) is 0.752. The molecular weight excluding hydrogens is 268 g/mol. The third-order valence-electron chi connectivity index (χ3n) is 3.39. The van der Waals surface area contributed by atoms with Gasteiger partial charge in [0, 0.05) is 20.1 Å². The van der Waals surface area contributed by atoms with E-state index in [1.165, 1.54) is 12.1 Å². The number of aromatic hydroxyl groups is 2. The van der Waals surface area contributed by atoms with E-state index in [9.17, 15) is 15.0 Å². The van der Waals surface area contributed by atoms with E-state index in [4.69, 9.17) is 0 Å². The van der Waals surface area contributed by atoms with Gasteiger partial charge in [-0.15, -0.1) is 0 Å². The van der Waals surface area contributed by atoms with E-state index >= 15 is 0 Å². The van der Waals surface area contributed by atoms with Gasteiger partial charge >= 0.3 is 0 Å². The van der Waals surface area contributed by atoms with Crippen LogP contribution in [-0.4, -0.2) is 41.2 Å². The van der Waals surface area contributed by atoms with Gasteiger partial charge in [-0.3, -0.25) is 10.1 Å². The molecule has 3 N–H and O–H groups in total. The van der Waals surface area contributed by atoms with E-state index in [1.54, 1.807) is 25.1 Å². The fourth-order valence-electron chi connectivity index (χ4n) is 2.39. The van der Waals surface area contributed by atoms with Gasteiger partial charge in [-0.2, -0.15) is 0 Å². The molecule has 0 fully saturated rings. The second-order valence-corrected chi connectivity index (χ2v) is 6.01. The van der Waals surface area contributed by atoms with Gasteiger partial charge in [-0.1, -0.05) is 19.9 Å². The lowest BCUT2D eigenvalue weighted by Gasteiger charge is -2.27. The van der Waals surface area contributed by atoms with Crippen LogP contribution in [0.15, 0.2) is 18.2 Å². The SMILES string of the molecule is CC(C)CC(NC(C)c1c(O)cccc1O)C(=O)N(C)C. The summed E-state index contributed by atoms with van der Waals surface area (Å²) in [6, 6.07) is 3.95. The van der Waals surface area contributed by atoms with Gasteiger partial charge in [-0.25, -0.2) is 0 Å². The Labute approximate surface area is 126 Å². The van der Waals surface area contributed by atoms with Crippen molar-refractivity contribution in [3.05, 3.63) is 23.8 Å². The lowest BCUT2D eigenvalue weighted by atomic mass is 9.99. The summed E-state index contributed by atoms with van der Waals surface area (Å²) in [7, 11) is 3.44. The molecule has 21 heavy (non-hydrogen) atoms. The molecule has 0 heterocycles. The van der Waals surface area contributed by atoms with Gasteiger partial charge in [0.05, 0.1) is 11.6 Å². The van der Waals surface area contributed by atoms with E-state index in [1.807, 2.05) is 6.92 Å². The number of nitrogens with one attached hydrogen (secondary N) is 1. The van der Waals surface area contributed by atoms with Gasteiger partial charge < -0.3 is 15.1 Å². The Hall–Kier alpha value is -1.75. The molecule has 0 aromatic heterocycles. The number of likely N-dealkylation sites (N-methyl/N-ethyl adjacent to an activating group) is 1. The van der Waals surface area contributed by atoms with E-state index in [2.05, 4.69) is 19.2 Å². The molecule has 1 amide bonds. The summed E-state index contributed by atoms with van der Waals surface area (Å²) < 4.78 is 0. The second-order valence-electron chi connectivity index (χ2n) is 6.01. The minimum atomic E-state index is -0.353.